The molecular formula is C24H38N4O6. The van der Waals surface area contributed by atoms with E-state index in [2.05, 4.69) is 16.0 Å². The molecule has 5 atom stereocenters. The third-order valence-corrected chi connectivity index (χ3v) is 5.57. The quantitative estimate of drug-likeness (QED) is 0.221. The van der Waals surface area contributed by atoms with Gasteiger partial charge in [-0.1, -0.05) is 64.4 Å². The fourth-order valence-corrected chi connectivity index (χ4v) is 3.36. The summed E-state index contributed by atoms with van der Waals surface area (Å²) in [6, 6.07) is 4.47. The number of aliphatic carboxylic acids is 1. The van der Waals surface area contributed by atoms with Gasteiger partial charge in [0.25, 0.3) is 0 Å². The number of aliphatic hydroxyl groups is 1. The van der Waals surface area contributed by atoms with Crippen molar-refractivity contribution in [2.24, 2.45) is 17.6 Å². The SMILES string of the molecule is CCC(C)C(NC(=O)C(Cc1ccccc1)NC(=O)C(CO)NC(=O)C(N)CC(C)C)C(=O)O. The first kappa shape index (κ1) is 29.1. The number of carboxylic acid groups (broad SMARTS) is 1. The summed E-state index contributed by atoms with van der Waals surface area (Å²) in [5.41, 5.74) is 6.59. The Bertz CT molecular complexity index is 817. The lowest BCUT2D eigenvalue weighted by molar-refractivity contribution is -0.143. The van der Waals surface area contributed by atoms with Crippen LogP contribution in [0.4, 0.5) is 0 Å². The Kier molecular flexibility index (Phi) is 12.2. The summed E-state index contributed by atoms with van der Waals surface area (Å²) in [5.74, 6) is -3.39. The van der Waals surface area contributed by atoms with Gasteiger partial charge >= 0.3 is 5.97 Å². The molecule has 0 aliphatic carbocycles. The molecule has 1 rings (SSSR count). The smallest absolute Gasteiger partial charge is 0.326 e. The number of carboxylic acids is 1. The molecule has 0 radical (unpaired) electrons. The Morgan fingerprint density at radius 1 is 0.912 bits per heavy atom. The normalized spacial score (nSPS) is 15.5. The minimum atomic E-state index is -1.32. The van der Waals surface area contributed by atoms with Crippen LogP contribution < -0.4 is 21.7 Å². The Morgan fingerprint density at radius 3 is 1.97 bits per heavy atom. The van der Waals surface area contributed by atoms with Gasteiger partial charge in [0.1, 0.15) is 18.1 Å². The molecule has 1 aromatic rings. The van der Waals surface area contributed by atoms with Crippen LogP contribution in [-0.2, 0) is 25.6 Å². The van der Waals surface area contributed by atoms with Crippen LogP contribution in [0.3, 0.4) is 0 Å². The van der Waals surface area contributed by atoms with Crippen LogP contribution in [0.25, 0.3) is 0 Å². The Balaban J connectivity index is 3.02. The van der Waals surface area contributed by atoms with Crippen LogP contribution in [0, 0.1) is 11.8 Å². The number of rotatable bonds is 14. The van der Waals surface area contributed by atoms with Crippen molar-refractivity contribution in [2.45, 2.75) is 71.1 Å². The molecule has 10 heteroatoms. The van der Waals surface area contributed by atoms with Crippen LogP contribution in [-0.4, -0.2) is 64.7 Å². The van der Waals surface area contributed by atoms with Gasteiger partial charge in [0.05, 0.1) is 12.6 Å². The Hall–Kier alpha value is -2.98. The predicted molar refractivity (Wildman–Crippen MR) is 128 cm³/mol. The minimum Gasteiger partial charge on any atom is -0.480 e. The van der Waals surface area contributed by atoms with E-state index in [1.165, 1.54) is 0 Å². The van der Waals surface area contributed by atoms with Gasteiger partial charge in [-0.15, -0.1) is 0 Å². The summed E-state index contributed by atoms with van der Waals surface area (Å²) < 4.78 is 0. The number of benzene rings is 1. The van der Waals surface area contributed by atoms with Crippen LogP contribution in [0.5, 0.6) is 0 Å². The van der Waals surface area contributed by atoms with Crippen LogP contribution in [0.15, 0.2) is 30.3 Å². The number of carbonyl (C=O) groups is 4. The molecule has 0 heterocycles. The minimum absolute atomic E-state index is 0.0875. The number of hydrogen-bond donors (Lipinski definition) is 6. The summed E-state index contributed by atoms with van der Waals surface area (Å²) in [7, 11) is 0. The standard InChI is InChI=1S/C24H38N4O6/c1-5-15(4)20(24(33)34)28-22(31)18(12-16-9-7-6-8-10-16)26-23(32)19(13-29)27-21(30)17(25)11-14(2)3/h6-10,14-15,17-20,29H,5,11-13,25H2,1-4H3,(H,26,32)(H,27,30)(H,28,31)(H,33,34). The largest absolute Gasteiger partial charge is 0.480 e. The molecule has 5 unspecified atom stereocenters. The lowest BCUT2D eigenvalue weighted by Crippen LogP contribution is -2.59. The van der Waals surface area contributed by atoms with Gasteiger partial charge in [0, 0.05) is 6.42 Å². The molecular weight excluding hydrogens is 440 g/mol. The maximum absolute atomic E-state index is 13.0. The molecule has 7 N–H and O–H groups in total. The summed E-state index contributed by atoms with van der Waals surface area (Å²) in [6.45, 7) is 6.63. The van der Waals surface area contributed by atoms with Crippen LogP contribution in [0.2, 0.25) is 0 Å². The summed E-state index contributed by atoms with van der Waals surface area (Å²) in [5, 5.41) is 26.7. The van der Waals surface area contributed by atoms with Gasteiger partial charge in [-0.25, -0.2) is 4.79 Å². The number of amides is 3. The van der Waals surface area contributed by atoms with E-state index in [0.717, 1.165) is 5.56 Å². The van der Waals surface area contributed by atoms with Gasteiger partial charge in [-0.05, 0) is 23.8 Å². The van der Waals surface area contributed by atoms with Crippen molar-refractivity contribution in [1.82, 2.24) is 16.0 Å². The Morgan fingerprint density at radius 2 is 1.47 bits per heavy atom. The molecule has 0 bridgehead atoms. The number of nitrogens with one attached hydrogen (secondary N) is 3. The first-order valence-electron chi connectivity index (χ1n) is 11.5. The second-order valence-corrected chi connectivity index (χ2v) is 8.94. The van der Waals surface area contributed by atoms with E-state index in [1.807, 2.05) is 20.8 Å². The van der Waals surface area contributed by atoms with E-state index in [9.17, 15) is 29.4 Å². The van der Waals surface area contributed by atoms with Gasteiger partial charge in [0.2, 0.25) is 17.7 Å². The van der Waals surface area contributed by atoms with Crippen LogP contribution >= 0.6 is 0 Å². The Labute approximate surface area is 200 Å². The van der Waals surface area contributed by atoms with Gasteiger partial charge < -0.3 is 31.9 Å². The zero-order chi connectivity index (χ0) is 25.8. The van der Waals surface area contributed by atoms with Crippen molar-refractivity contribution in [2.75, 3.05) is 6.61 Å². The fraction of sp³-hybridized carbons (Fsp3) is 0.583. The average molecular weight is 479 g/mol. The summed E-state index contributed by atoms with van der Waals surface area (Å²) in [6.07, 6.45) is 1.02. The highest BCUT2D eigenvalue weighted by Gasteiger charge is 2.32. The summed E-state index contributed by atoms with van der Waals surface area (Å²) in [4.78, 5) is 49.8. The number of carbonyl (C=O) groups excluding carboxylic acids is 3. The summed E-state index contributed by atoms with van der Waals surface area (Å²) >= 11 is 0. The van der Waals surface area contributed by atoms with Crippen molar-refractivity contribution in [3.05, 3.63) is 35.9 Å². The molecule has 0 aliphatic rings. The van der Waals surface area contributed by atoms with Gasteiger partial charge in [-0.3, -0.25) is 14.4 Å². The molecule has 1 aromatic carbocycles. The molecule has 34 heavy (non-hydrogen) atoms. The first-order chi connectivity index (χ1) is 16.0. The van der Waals surface area contributed by atoms with Crippen molar-refractivity contribution < 1.29 is 29.4 Å². The number of hydrogen-bond acceptors (Lipinski definition) is 6. The van der Waals surface area contributed by atoms with E-state index in [1.54, 1.807) is 37.3 Å². The second-order valence-electron chi connectivity index (χ2n) is 8.94. The van der Waals surface area contributed by atoms with E-state index in [4.69, 9.17) is 5.73 Å². The third kappa shape index (κ3) is 9.48. The molecule has 3 amide bonds. The van der Waals surface area contributed by atoms with E-state index in [0.29, 0.717) is 12.8 Å². The molecule has 0 aliphatic heterocycles. The lowest BCUT2D eigenvalue weighted by Gasteiger charge is -2.26. The predicted octanol–water partition coefficient (Wildman–Crippen LogP) is 0.180. The molecule has 0 fully saturated rings. The van der Waals surface area contributed by atoms with E-state index >= 15 is 0 Å². The maximum Gasteiger partial charge on any atom is 0.326 e. The highest BCUT2D eigenvalue weighted by atomic mass is 16.4. The van der Waals surface area contributed by atoms with Gasteiger partial charge in [-0.2, -0.15) is 0 Å². The van der Waals surface area contributed by atoms with E-state index in [-0.39, 0.29) is 18.3 Å². The van der Waals surface area contributed by atoms with Gasteiger partial charge in [0.15, 0.2) is 0 Å². The average Bonchev–Trinajstić information content (AvgIpc) is 2.79. The van der Waals surface area contributed by atoms with Crippen molar-refractivity contribution in [3.63, 3.8) is 0 Å². The maximum atomic E-state index is 13.0. The monoisotopic (exact) mass is 478 g/mol. The van der Waals surface area contributed by atoms with Crippen molar-refractivity contribution >= 4 is 23.7 Å². The zero-order valence-electron chi connectivity index (χ0n) is 20.3. The third-order valence-electron chi connectivity index (χ3n) is 5.57. The van der Waals surface area contributed by atoms with Crippen LogP contribution in [0.1, 0.15) is 46.1 Å². The molecule has 190 valence electrons. The second kappa shape index (κ2) is 14.3. The number of aliphatic hydroxyl groups excluding tert-OH is 1. The topological polar surface area (TPSA) is 171 Å². The van der Waals surface area contributed by atoms with E-state index < -0.39 is 54.5 Å². The van der Waals surface area contributed by atoms with Crippen molar-refractivity contribution in [1.29, 1.82) is 0 Å². The fourth-order valence-electron chi connectivity index (χ4n) is 3.36. The first-order valence-corrected chi connectivity index (χ1v) is 11.5. The highest BCUT2D eigenvalue weighted by Crippen LogP contribution is 2.10. The molecule has 0 spiro atoms. The molecule has 10 nitrogen and oxygen atoms in total. The van der Waals surface area contributed by atoms with Crippen molar-refractivity contribution in [3.8, 4) is 0 Å². The number of nitrogens with two attached hydrogens (primary N) is 1. The zero-order valence-corrected chi connectivity index (χ0v) is 20.3. The lowest BCUT2D eigenvalue weighted by atomic mass is 9.98. The molecule has 0 aromatic heterocycles. The molecule has 0 saturated carbocycles. The highest BCUT2D eigenvalue weighted by molar-refractivity contribution is 5.94. The molecule has 0 saturated heterocycles.